The molecule has 0 spiro atoms. The molecule has 0 unspecified atom stereocenters. The molecule has 4 nitrogen and oxygen atoms in total. The molecule has 0 saturated carbocycles. The molecule has 1 heterocycles. The summed E-state index contributed by atoms with van der Waals surface area (Å²) in [4.78, 5) is 11.3. The highest BCUT2D eigenvalue weighted by molar-refractivity contribution is 5.93. The highest BCUT2D eigenvalue weighted by Gasteiger charge is 2.12. The topological polar surface area (TPSA) is 44.1 Å². The molecule has 0 aliphatic heterocycles. The maximum Gasteiger partial charge on any atom is 0.307 e. The lowest BCUT2D eigenvalue weighted by atomic mass is 10.1. The molecule has 0 saturated heterocycles. The van der Waals surface area contributed by atoms with Gasteiger partial charge in [-0.05, 0) is 6.07 Å². The third-order valence-corrected chi connectivity index (χ3v) is 3.46. The van der Waals surface area contributed by atoms with Gasteiger partial charge in [-0.2, -0.15) is 5.10 Å². The number of fused-ring (bicyclic) bond motifs is 1. The Hall–Kier alpha value is -2.62. The van der Waals surface area contributed by atoms with E-state index in [2.05, 4.69) is 11.2 Å². The Kier molecular flexibility index (Phi) is 3.69. The van der Waals surface area contributed by atoms with Crippen LogP contribution in [0.5, 0.6) is 0 Å². The third-order valence-electron chi connectivity index (χ3n) is 3.46. The Morgan fingerprint density at radius 2 is 1.81 bits per heavy atom. The van der Waals surface area contributed by atoms with Crippen molar-refractivity contribution in [3.8, 4) is 11.3 Å². The van der Waals surface area contributed by atoms with Gasteiger partial charge in [-0.1, -0.05) is 48.5 Å². The summed E-state index contributed by atoms with van der Waals surface area (Å²) in [7, 11) is 1.40. The number of hydrogen-bond donors (Lipinski definition) is 0. The van der Waals surface area contributed by atoms with Crippen molar-refractivity contribution in [2.75, 3.05) is 7.11 Å². The Morgan fingerprint density at radius 1 is 1.10 bits per heavy atom. The van der Waals surface area contributed by atoms with Crippen molar-refractivity contribution in [1.29, 1.82) is 0 Å². The summed E-state index contributed by atoms with van der Waals surface area (Å²) in [6.07, 6.45) is 0.316. The van der Waals surface area contributed by atoms with E-state index in [1.54, 1.807) is 0 Å². The zero-order chi connectivity index (χ0) is 14.7. The first-order valence-electron chi connectivity index (χ1n) is 6.87. The van der Waals surface area contributed by atoms with Crippen LogP contribution in [0.2, 0.25) is 0 Å². The lowest BCUT2D eigenvalue weighted by Gasteiger charge is -2.02. The highest BCUT2D eigenvalue weighted by Crippen LogP contribution is 2.27. The average Bonchev–Trinajstić information content (AvgIpc) is 2.92. The molecule has 0 bridgehead atoms. The van der Waals surface area contributed by atoms with E-state index in [-0.39, 0.29) is 5.97 Å². The highest BCUT2D eigenvalue weighted by atomic mass is 16.5. The normalized spacial score (nSPS) is 10.7. The molecule has 0 aliphatic carbocycles. The molecule has 0 N–H and O–H groups in total. The minimum atomic E-state index is -0.226. The van der Waals surface area contributed by atoms with E-state index in [1.807, 2.05) is 53.2 Å². The molecule has 21 heavy (non-hydrogen) atoms. The number of para-hydroxylation sites is 1. The number of aryl methyl sites for hydroxylation is 1. The van der Waals surface area contributed by atoms with Crippen molar-refractivity contribution in [2.45, 2.75) is 13.0 Å². The van der Waals surface area contributed by atoms with Crippen LogP contribution < -0.4 is 0 Å². The molecule has 3 rings (SSSR count). The zero-order valence-corrected chi connectivity index (χ0v) is 11.8. The van der Waals surface area contributed by atoms with Gasteiger partial charge in [0.2, 0.25) is 0 Å². The quantitative estimate of drug-likeness (QED) is 0.689. The number of carbonyl (C=O) groups excluding carboxylic acids is 1. The molecule has 0 atom stereocenters. The average molecular weight is 280 g/mol. The fraction of sp³-hybridized carbons (Fsp3) is 0.176. The Bertz CT molecular complexity index is 763. The van der Waals surface area contributed by atoms with Gasteiger partial charge in [0.15, 0.2) is 0 Å². The molecule has 0 aliphatic rings. The number of methoxy groups -OCH3 is 1. The molecule has 3 aromatic rings. The summed E-state index contributed by atoms with van der Waals surface area (Å²) >= 11 is 0. The van der Waals surface area contributed by atoms with Gasteiger partial charge in [0, 0.05) is 10.9 Å². The van der Waals surface area contributed by atoms with E-state index in [0.717, 1.165) is 22.2 Å². The van der Waals surface area contributed by atoms with Crippen LogP contribution in [0.15, 0.2) is 54.6 Å². The van der Waals surface area contributed by atoms with Crippen molar-refractivity contribution in [3.63, 3.8) is 0 Å². The van der Waals surface area contributed by atoms with Crippen LogP contribution in [0.25, 0.3) is 22.2 Å². The van der Waals surface area contributed by atoms with E-state index in [1.165, 1.54) is 7.11 Å². The molecule has 4 heteroatoms. The number of benzene rings is 2. The molecule has 1 aromatic heterocycles. The molecule has 0 fully saturated rings. The molecular weight excluding hydrogens is 264 g/mol. The largest absolute Gasteiger partial charge is 0.469 e. The maximum atomic E-state index is 11.3. The van der Waals surface area contributed by atoms with E-state index in [9.17, 15) is 4.79 Å². The van der Waals surface area contributed by atoms with Gasteiger partial charge in [-0.3, -0.25) is 9.48 Å². The lowest BCUT2D eigenvalue weighted by molar-refractivity contribution is -0.140. The SMILES string of the molecule is COC(=O)CCn1nc(-c2ccccc2)c2ccccc21. The molecule has 2 aromatic carbocycles. The summed E-state index contributed by atoms with van der Waals surface area (Å²) in [6, 6.07) is 18.1. The van der Waals surface area contributed by atoms with Gasteiger partial charge in [-0.25, -0.2) is 0 Å². The van der Waals surface area contributed by atoms with Crippen molar-refractivity contribution in [3.05, 3.63) is 54.6 Å². The number of esters is 1. The lowest BCUT2D eigenvalue weighted by Crippen LogP contribution is -2.08. The fourth-order valence-corrected chi connectivity index (χ4v) is 2.41. The predicted molar refractivity (Wildman–Crippen MR) is 81.8 cm³/mol. The minimum absolute atomic E-state index is 0.226. The van der Waals surface area contributed by atoms with Crippen molar-refractivity contribution in [1.82, 2.24) is 9.78 Å². The first kappa shape index (κ1) is 13.4. The number of rotatable bonds is 4. The second-order valence-electron chi connectivity index (χ2n) is 4.78. The Balaban J connectivity index is 2.04. The summed E-state index contributed by atoms with van der Waals surface area (Å²) < 4.78 is 6.57. The zero-order valence-electron chi connectivity index (χ0n) is 11.8. The van der Waals surface area contributed by atoms with Crippen LogP contribution in [0.1, 0.15) is 6.42 Å². The Morgan fingerprint density at radius 3 is 2.57 bits per heavy atom. The van der Waals surface area contributed by atoms with Crippen LogP contribution in [0.3, 0.4) is 0 Å². The summed E-state index contributed by atoms with van der Waals surface area (Å²) in [6.45, 7) is 0.514. The van der Waals surface area contributed by atoms with Crippen LogP contribution in [-0.2, 0) is 16.1 Å². The maximum absolute atomic E-state index is 11.3. The van der Waals surface area contributed by atoms with Crippen molar-refractivity contribution < 1.29 is 9.53 Å². The standard InChI is InChI=1S/C17H16N2O2/c1-21-16(20)11-12-19-15-10-6-5-9-14(15)17(18-19)13-7-3-2-4-8-13/h2-10H,11-12H2,1H3. The molecule has 0 radical (unpaired) electrons. The van der Waals surface area contributed by atoms with Crippen LogP contribution in [-0.4, -0.2) is 22.9 Å². The number of aromatic nitrogens is 2. The van der Waals surface area contributed by atoms with Gasteiger partial charge in [0.1, 0.15) is 5.69 Å². The van der Waals surface area contributed by atoms with E-state index >= 15 is 0 Å². The van der Waals surface area contributed by atoms with E-state index in [0.29, 0.717) is 13.0 Å². The van der Waals surface area contributed by atoms with E-state index in [4.69, 9.17) is 4.74 Å². The van der Waals surface area contributed by atoms with Crippen LogP contribution in [0, 0.1) is 0 Å². The second-order valence-corrected chi connectivity index (χ2v) is 4.78. The molecular formula is C17H16N2O2. The van der Waals surface area contributed by atoms with Crippen molar-refractivity contribution >= 4 is 16.9 Å². The predicted octanol–water partition coefficient (Wildman–Crippen LogP) is 3.27. The van der Waals surface area contributed by atoms with Crippen LogP contribution in [0.4, 0.5) is 0 Å². The second kappa shape index (κ2) is 5.79. The number of nitrogens with zero attached hydrogens (tertiary/aromatic N) is 2. The number of carbonyl (C=O) groups is 1. The molecule has 106 valence electrons. The van der Waals surface area contributed by atoms with Gasteiger partial charge in [0.25, 0.3) is 0 Å². The van der Waals surface area contributed by atoms with Gasteiger partial charge in [-0.15, -0.1) is 0 Å². The number of hydrogen-bond acceptors (Lipinski definition) is 3. The van der Waals surface area contributed by atoms with Crippen LogP contribution >= 0.6 is 0 Å². The van der Waals surface area contributed by atoms with Gasteiger partial charge < -0.3 is 4.74 Å². The van der Waals surface area contributed by atoms with Crippen molar-refractivity contribution in [2.24, 2.45) is 0 Å². The number of ether oxygens (including phenoxy) is 1. The smallest absolute Gasteiger partial charge is 0.307 e. The Labute approximate surface area is 123 Å². The fourth-order valence-electron chi connectivity index (χ4n) is 2.41. The third kappa shape index (κ3) is 2.65. The van der Waals surface area contributed by atoms with Gasteiger partial charge in [0.05, 0.1) is 25.6 Å². The first-order chi connectivity index (χ1) is 10.3. The summed E-state index contributed by atoms with van der Waals surface area (Å²) in [5, 5.41) is 5.77. The van der Waals surface area contributed by atoms with E-state index < -0.39 is 0 Å². The monoisotopic (exact) mass is 280 g/mol. The summed E-state index contributed by atoms with van der Waals surface area (Å²) in [5.74, 6) is -0.226. The van der Waals surface area contributed by atoms with Gasteiger partial charge >= 0.3 is 5.97 Å². The summed E-state index contributed by atoms with van der Waals surface area (Å²) in [5.41, 5.74) is 3.04. The first-order valence-corrected chi connectivity index (χ1v) is 6.87. The minimum Gasteiger partial charge on any atom is -0.469 e. The molecule has 0 amide bonds.